The molecule has 0 aliphatic rings. The number of phosphoric acid groups is 1. The van der Waals surface area contributed by atoms with Crippen molar-refractivity contribution in [1.29, 1.82) is 5.26 Å². The Morgan fingerprint density at radius 1 is 1.05 bits per heavy atom. The lowest BCUT2D eigenvalue weighted by Crippen LogP contribution is -2.05. The second kappa shape index (κ2) is 6.94. The molecule has 0 amide bonds. The van der Waals surface area contributed by atoms with Gasteiger partial charge in [-0.25, -0.2) is 4.57 Å². The summed E-state index contributed by atoms with van der Waals surface area (Å²) < 4.78 is 28.5. The summed E-state index contributed by atoms with van der Waals surface area (Å²) in [5.74, 6) is 0.524. The van der Waals surface area contributed by atoms with Crippen molar-refractivity contribution in [3.63, 3.8) is 0 Å². The van der Waals surface area contributed by atoms with Gasteiger partial charge in [0.2, 0.25) is 0 Å². The van der Waals surface area contributed by atoms with Gasteiger partial charge >= 0.3 is 7.82 Å². The Hall–Kier alpha value is -2.28. The Morgan fingerprint density at radius 3 is 2.38 bits per heavy atom. The average Bonchev–Trinajstić information content (AvgIpc) is 2.48. The van der Waals surface area contributed by atoms with E-state index in [4.69, 9.17) is 18.8 Å². The van der Waals surface area contributed by atoms with E-state index in [0.717, 1.165) is 0 Å². The standard InChI is InChI=1S/C15H14NO4P/c1-2-18-21(17,19-14-9-4-3-5-10-14)20-15-11-7-6-8-13(15)12-16/h3-11H,2H2,1H3. The van der Waals surface area contributed by atoms with Gasteiger partial charge in [-0.15, -0.1) is 0 Å². The minimum Gasteiger partial charge on any atom is -0.395 e. The number of rotatable bonds is 6. The molecule has 0 bridgehead atoms. The smallest absolute Gasteiger partial charge is 0.395 e. The molecule has 0 N–H and O–H groups in total. The van der Waals surface area contributed by atoms with Crippen molar-refractivity contribution in [3.8, 4) is 17.6 Å². The highest BCUT2D eigenvalue weighted by molar-refractivity contribution is 7.49. The first-order valence-electron chi connectivity index (χ1n) is 6.35. The highest BCUT2D eigenvalue weighted by Gasteiger charge is 2.31. The van der Waals surface area contributed by atoms with Crippen molar-refractivity contribution in [3.05, 3.63) is 60.2 Å². The normalized spacial score (nSPS) is 13.0. The Labute approximate surface area is 123 Å². The van der Waals surface area contributed by atoms with E-state index >= 15 is 0 Å². The topological polar surface area (TPSA) is 68.6 Å². The van der Waals surface area contributed by atoms with Crippen LogP contribution in [0.5, 0.6) is 11.5 Å². The lowest BCUT2D eigenvalue weighted by atomic mass is 10.2. The Balaban J connectivity index is 2.26. The van der Waals surface area contributed by atoms with E-state index in [1.807, 2.05) is 12.1 Å². The quantitative estimate of drug-likeness (QED) is 0.749. The molecule has 5 nitrogen and oxygen atoms in total. The summed E-state index contributed by atoms with van der Waals surface area (Å²) in [5.41, 5.74) is 0.258. The lowest BCUT2D eigenvalue weighted by molar-refractivity contribution is 0.219. The van der Waals surface area contributed by atoms with Gasteiger partial charge in [-0.05, 0) is 31.2 Å². The fourth-order valence-electron chi connectivity index (χ4n) is 1.60. The molecule has 0 spiro atoms. The predicted octanol–water partition coefficient (Wildman–Crippen LogP) is 4.16. The first-order valence-corrected chi connectivity index (χ1v) is 7.81. The third-order valence-corrected chi connectivity index (χ3v) is 3.89. The second-order valence-corrected chi connectivity index (χ2v) is 5.49. The van der Waals surface area contributed by atoms with E-state index in [1.54, 1.807) is 55.5 Å². The number of hydrogen-bond donors (Lipinski definition) is 0. The van der Waals surface area contributed by atoms with Gasteiger partial charge in [-0.2, -0.15) is 5.26 Å². The zero-order chi connectivity index (χ0) is 15.1. The van der Waals surface area contributed by atoms with Gasteiger partial charge in [-0.3, -0.25) is 4.52 Å². The molecule has 0 aliphatic heterocycles. The Kier molecular flexibility index (Phi) is 4.99. The Bertz CT molecular complexity index is 682. The van der Waals surface area contributed by atoms with Gasteiger partial charge in [0, 0.05) is 0 Å². The first kappa shape index (κ1) is 15.1. The van der Waals surface area contributed by atoms with Crippen LogP contribution in [0.4, 0.5) is 0 Å². The second-order valence-electron chi connectivity index (χ2n) is 3.97. The third kappa shape index (κ3) is 4.09. The van der Waals surface area contributed by atoms with Crippen LogP contribution >= 0.6 is 7.82 Å². The van der Waals surface area contributed by atoms with E-state index in [1.165, 1.54) is 0 Å². The lowest BCUT2D eigenvalue weighted by Gasteiger charge is -2.18. The summed E-state index contributed by atoms with van der Waals surface area (Å²) in [4.78, 5) is 0. The highest BCUT2D eigenvalue weighted by Crippen LogP contribution is 2.49. The fraction of sp³-hybridized carbons (Fsp3) is 0.133. The number of hydrogen-bond acceptors (Lipinski definition) is 5. The van der Waals surface area contributed by atoms with Crippen LogP contribution in [0, 0.1) is 11.3 Å². The molecule has 0 radical (unpaired) electrons. The van der Waals surface area contributed by atoms with Crippen molar-refractivity contribution in [2.75, 3.05) is 6.61 Å². The molecular weight excluding hydrogens is 289 g/mol. The van der Waals surface area contributed by atoms with Crippen LogP contribution < -0.4 is 9.05 Å². The van der Waals surface area contributed by atoms with E-state index in [-0.39, 0.29) is 17.9 Å². The number of phosphoric ester groups is 1. The fourth-order valence-corrected chi connectivity index (χ4v) is 2.84. The molecule has 0 aliphatic carbocycles. The van der Waals surface area contributed by atoms with Crippen molar-refractivity contribution in [2.45, 2.75) is 6.92 Å². The number of nitriles is 1. The van der Waals surface area contributed by atoms with Gasteiger partial charge in [-0.1, -0.05) is 30.3 Å². The molecule has 1 unspecified atom stereocenters. The minimum absolute atomic E-state index is 0.152. The van der Waals surface area contributed by atoms with Crippen molar-refractivity contribution < 1.29 is 18.1 Å². The number of benzene rings is 2. The van der Waals surface area contributed by atoms with Crippen LogP contribution in [0.1, 0.15) is 12.5 Å². The molecular formula is C15H14NO4P. The molecule has 0 aromatic heterocycles. The summed E-state index contributed by atoms with van der Waals surface area (Å²) in [7, 11) is -3.85. The largest absolute Gasteiger partial charge is 0.587 e. The van der Waals surface area contributed by atoms with Gasteiger partial charge in [0.15, 0.2) is 0 Å². The van der Waals surface area contributed by atoms with Gasteiger partial charge < -0.3 is 9.05 Å². The molecule has 108 valence electrons. The zero-order valence-corrected chi connectivity index (χ0v) is 12.3. The number of para-hydroxylation sites is 2. The summed E-state index contributed by atoms with van der Waals surface area (Å²) >= 11 is 0. The van der Waals surface area contributed by atoms with Crippen LogP contribution in [0.25, 0.3) is 0 Å². The summed E-state index contributed by atoms with van der Waals surface area (Å²) in [5, 5.41) is 9.03. The van der Waals surface area contributed by atoms with Gasteiger partial charge in [0.1, 0.15) is 17.6 Å². The van der Waals surface area contributed by atoms with Crippen LogP contribution in [0.2, 0.25) is 0 Å². The van der Waals surface area contributed by atoms with Crippen molar-refractivity contribution in [2.24, 2.45) is 0 Å². The van der Waals surface area contributed by atoms with E-state index in [2.05, 4.69) is 0 Å². The third-order valence-electron chi connectivity index (χ3n) is 2.47. The summed E-state index contributed by atoms with van der Waals surface area (Å²) in [6.07, 6.45) is 0. The van der Waals surface area contributed by atoms with Crippen LogP contribution in [-0.4, -0.2) is 6.61 Å². The first-order chi connectivity index (χ1) is 10.2. The van der Waals surface area contributed by atoms with Crippen LogP contribution in [0.15, 0.2) is 54.6 Å². The minimum atomic E-state index is -3.85. The molecule has 0 saturated heterocycles. The van der Waals surface area contributed by atoms with E-state index < -0.39 is 7.82 Å². The average molecular weight is 303 g/mol. The number of nitrogens with zero attached hydrogens (tertiary/aromatic N) is 1. The summed E-state index contributed by atoms with van der Waals surface area (Å²) in [6.45, 7) is 1.83. The van der Waals surface area contributed by atoms with Crippen molar-refractivity contribution >= 4 is 7.82 Å². The molecule has 2 aromatic rings. The maximum atomic E-state index is 12.6. The van der Waals surface area contributed by atoms with Crippen molar-refractivity contribution in [1.82, 2.24) is 0 Å². The zero-order valence-electron chi connectivity index (χ0n) is 11.4. The highest BCUT2D eigenvalue weighted by atomic mass is 31.2. The maximum Gasteiger partial charge on any atom is 0.587 e. The van der Waals surface area contributed by atoms with E-state index in [9.17, 15) is 4.57 Å². The molecule has 2 aromatic carbocycles. The molecule has 0 fully saturated rings. The van der Waals surface area contributed by atoms with Crippen LogP contribution in [-0.2, 0) is 9.09 Å². The van der Waals surface area contributed by atoms with Gasteiger partial charge in [0.05, 0.1) is 12.2 Å². The van der Waals surface area contributed by atoms with E-state index in [0.29, 0.717) is 5.75 Å². The van der Waals surface area contributed by atoms with Gasteiger partial charge in [0.25, 0.3) is 0 Å². The molecule has 0 heterocycles. The molecule has 6 heteroatoms. The monoisotopic (exact) mass is 303 g/mol. The molecule has 1 atom stereocenters. The summed E-state index contributed by atoms with van der Waals surface area (Å²) in [6, 6.07) is 17.0. The molecule has 2 rings (SSSR count). The molecule has 0 saturated carbocycles. The maximum absolute atomic E-state index is 12.6. The SMILES string of the molecule is CCOP(=O)(Oc1ccccc1)Oc1ccccc1C#N. The predicted molar refractivity (Wildman–Crippen MR) is 78.1 cm³/mol. The Morgan fingerprint density at radius 2 is 1.71 bits per heavy atom. The molecule has 21 heavy (non-hydrogen) atoms. The van der Waals surface area contributed by atoms with Crippen LogP contribution in [0.3, 0.4) is 0 Å².